The Morgan fingerprint density at radius 2 is 1.63 bits per heavy atom. The van der Waals surface area contributed by atoms with Crippen LogP contribution < -0.4 is 10.6 Å². The molecule has 5 nitrogen and oxygen atoms in total. The predicted molar refractivity (Wildman–Crippen MR) is 110 cm³/mol. The van der Waals surface area contributed by atoms with E-state index in [1.54, 1.807) is 6.07 Å². The van der Waals surface area contributed by atoms with E-state index in [0.717, 1.165) is 25.1 Å². The third kappa shape index (κ3) is 6.49. The van der Waals surface area contributed by atoms with Gasteiger partial charge in [-0.1, -0.05) is 23.3 Å². The van der Waals surface area contributed by atoms with Gasteiger partial charge in [-0.3, -0.25) is 4.79 Å². The maximum absolute atomic E-state index is 12.5. The van der Waals surface area contributed by atoms with Crippen molar-refractivity contribution < 1.29 is 4.79 Å². The largest absolute Gasteiger partial charge is 0.354 e. The van der Waals surface area contributed by atoms with E-state index in [1.807, 2.05) is 6.92 Å². The van der Waals surface area contributed by atoms with Crippen molar-refractivity contribution in [3.63, 3.8) is 0 Å². The van der Waals surface area contributed by atoms with Crippen LogP contribution in [-0.2, 0) is 0 Å². The second kappa shape index (κ2) is 10.2. The normalized spacial score (nSPS) is 17.1. The standard InChI is InChI=1S/C22H32N4O/c1-17-16-20(21(27)23-14-12-18-8-4-2-5-9-18)26-22(25-17)24-15-13-19-10-6-3-7-11-19/h8,10,16H,2-7,9,11-15H2,1H3,(H,23,27)(H,24,25,26). The molecule has 0 aromatic carbocycles. The fourth-order valence-electron chi connectivity index (χ4n) is 3.79. The highest BCUT2D eigenvalue weighted by molar-refractivity contribution is 5.92. The topological polar surface area (TPSA) is 66.9 Å². The van der Waals surface area contributed by atoms with Gasteiger partial charge in [-0.05, 0) is 77.2 Å². The molecule has 0 saturated heterocycles. The summed E-state index contributed by atoms with van der Waals surface area (Å²) in [6.07, 6.45) is 16.6. The van der Waals surface area contributed by atoms with E-state index in [1.165, 1.54) is 62.5 Å². The molecule has 2 aliphatic rings. The lowest BCUT2D eigenvalue weighted by atomic mass is 9.97. The molecule has 1 aromatic rings. The number of rotatable bonds is 8. The van der Waals surface area contributed by atoms with Gasteiger partial charge in [0.1, 0.15) is 5.69 Å². The number of carbonyl (C=O) groups excluding carboxylic acids is 1. The molecule has 5 heteroatoms. The third-order valence-electron chi connectivity index (χ3n) is 5.32. The first-order chi connectivity index (χ1) is 13.2. The fraction of sp³-hybridized carbons (Fsp3) is 0.591. The first kappa shape index (κ1) is 19.6. The molecular weight excluding hydrogens is 336 g/mol. The van der Waals surface area contributed by atoms with Gasteiger partial charge in [-0.25, -0.2) is 9.97 Å². The average Bonchev–Trinajstić information content (AvgIpc) is 2.69. The minimum Gasteiger partial charge on any atom is -0.354 e. The summed E-state index contributed by atoms with van der Waals surface area (Å²) in [6.45, 7) is 3.38. The van der Waals surface area contributed by atoms with E-state index in [4.69, 9.17) is 0 Å². The first-order valence-electron chi connectivity index (χ1n) is 10.4. The Morgan fingerprint density at radius 1 is 0.963 bits per heavy atom. The summed E-state index contributed by atoms with van der Waals surface area (Å²) in [5.41, 5.74) is 4.25. The van der Waals surface area contributed by atoms with Crippen molar-refractivity contribution >= 4 is 11.9 Å². The molecule has 0 atom stereocenters. The lowest BCUT2D eigenvalue weighted by Gasteiger charge is -2.14. The molecule has 2 N–H and O–H groups in total. The summed E-state index contributed by atoms with van der Waals surface area (Å²) >= 11 is 0. The second-order valence-corrected chi connectivity index (χ2v) is 7.62. The van der Waals surface area contributed by atoms with Crippen LogP contribution in [0, 0.1) is 6.92 Å². The SMILES string of the molecule is Cc1cc(C(=O)NCCC2=CCCCC2)nc(NCCC2=CCCCC2)n1. The van der Waals surface area contributed by atoms with Gasteiger partial charge in [-0.2, -0.15) is 0 Å². The number of aromatic nitrogens is 2. The van der Waals surface area contributed by atoms with Gasteiger partial charge in [0.2, 0.25) is 5.95 Å². The molecule has 0 spiro atoms. The van der Waals surface area contributed by atoms with E-state index in [0.29, 0.717) is 18.2 Å². The van der Waals surface area contributed by atoms with Gasteiger partial charge in [0, 0.05) is 18.8 Å². The first-order valence-corrected chi connectivity index (χ1v) is 10.4. The summed E-state index contributed by atoms with van der Waals surface area (Å²) in [4.78, 5) is 21.3. The zero-order valence-corrected chi connectivity index (χ0v) is 16.5. The van der Waals surface area contributed by atoms with Gasteiger partial charge >= 0.3 is 0 Å². The van der Waals surface area contributed by atoms with Crippen LogP contribution in [-0.4, -0.2) is 29.0 Å². The number of nitrogens with one attached hydrogen (secondary N) is 2. The quantitative estimate of drug-likeness (QED) is 0.652. The van der Waals surface area contributed by atoms with Crippen molar-refractivity contribution in [2.45, 2.75) is 71.1 Å². The number of anilines is 1. The molecule has 0 radical (unpaired) electrons. The number of nitrogens with zero attached hydrogens (tertiary/aromatic N) is 2. The Morgan fingerprint density at radius 3 is 2.26 bits per heavy atom. The zero-order chi connectivity index (χ0) is 18.9. The van der Waals surface area contributed by atoms with Crippen LogP contribution in [0.25, 0.3) is 0 Å². The van der Waals surface area contributed by atoms with Crippen molar-refractivity contribution in [1.82, 2.24) is 15.3 Å². The van der Waals surface area contributed by atoms with Gasteiger partial charge in [0.15, 0.2) is 0 Å². The lowest BCUT2D eigenvalue weighted by molar-refractivity contribution is 0.0949. The van der Waals surface area contributed by atoms with Crippen LogP contribution in [0.3, 0.4) is 0 Å². The molecule has 146 valence electrons. The highest BCUT2D eigenvalue weighted by atomic mass is 16.1. The Kier molecular flexibility index (Phi) is 7.43. The van der Waals surface area contributed by atoms with Gasteiger partial charge in [0.25, 0.3) is 5.91 Å². The van der Waals surface area contributed by atoms with E-state index < -0.39 is 0 Å². The predicted octanol–water partition coefficient (Wildman–Crippen LogP) is 4.71. The highest BCUT2D eigenvalue weighted by Gasteiger charge is 2.11. The van der Waals surface area contributed by atoms with Crippen LogP contribution in [0.2, 0.25) is 0 Å². The van der Waals surface area contributed by atoms with Crippen molar-refractivity contribution in [3.8, 4) is 0 Å². The van der Waals surface area contributed by atoms with E-state index in [2.05, 4.69) is 32.8 Å². The number of carbonyl (C=O) groups is 1. The minimum atomic E-state index is -0.116. The number of allylic oxidation sites excluding steroid dienone is 2. The molecule has 0 saturated carbocycles. The molecule has 0 bridgehead atoms. The number of aryl methyl sites for hydroxylation is 1. The zero-order valence-electron chi connectivity index (χ0n) is 16.5. The Labute approximate surface area is 162 Å². The molecule has 1 aromatic heterocycles. The van der Waals surface area contributed by atoms with Crippen LogP contribution >= 0.6 is 0 Å². The van der Waals surface area contributed by atoms with Crippen LogP contribution in [0.1, 0.15) is 80.4 Å². The summed E-state index contributed by atoms with van der Waals surface area (Å²) < 4.78 is 0. The smallest absolute Gasteiger partial charge is 0.270 e. The van der Waals surface area contributed by atoms with Gasteiger partial charge in [0.05, 0.1) is 0 Å². The van der Waals surface area contributed by atoms with Gasteiger partial charge < -0.3 is 10.6 Å². The molecule has 3 rings (SSSR count). The van der Waals surface area contributed by atoms with Crippen LogP contribution in [0.4, 0.5) is 5.95 Å². The molecule has 0 unspecified atom stereocenters. The lowest BCUT2D eigenvalue weighted by Crippen LogP contribution is -2.26. The molecule has 1 amide bonds. The maximum atomic E-state index is 12.5. The van der Waals surface area contributed by atoms with Crippen LogP contribution in [0.15, 0.2) is 29.4 Å². The van der Waals surface area contributed by atoms with E-state index >= 15 is 0 Å². The molecule has 0 fully saturated rings. The summed E-state index contributed by atoms with van der Waals surface area (Å²) in [5, 5.41) is 6.29. The van der Waals surface area contributed by atoms with Crippen molar-refractivity contribution in [1.29, 1.82) is 0 Å². The minimum absolute atomic E-state index is 0.116. The van der Waals surface area contributed by atoms with Crippen molar-refractivity contribution in [2.24, 2.45) is 0 Å². The molecule has 0 aliphatic heterocycles. The van der Waals surface area contributed by atoms with E-state index in [9.17, 15) is 4.79 Å². The van der Waals surface area contributed by atoms with Crippen molar-refractivity contribution in [2.75, 3.05) is 18.4 Å². The number of hydrogen-bond donors (Lipinski definition) is 2. The summed E-state index contributed by atoms with van der Waals surface area (Å²) in [5.74, 6) is 0.432. The Hall–Kier alpha value is -2.17. The summed E-state index contributed by atoms with van der Waals surface area (Å²) in [6, 6.07) is 1.75. The van der Waals surface area contributed by atoms with E-state index in [-0.39, 0.29) is 5.91 Å². The Balaban J connectivity index is 1.48. The second-order valence-electron chi connectivity index (χ2n) is 7.62. The fourth-order valence-corrected chi connectivity index (χ4v) is 3.79. The molecule has 27 heavy (non-hydrogen) atoms. The molecule has 1 heterocycles. The highest BCUT2D eigenvalue weighted by Crippen LogP contribution is 2.20. The average molecular weight is 369 g/mol. The Bertz CT molecular complexity index is 708. The molecular formula is C22H32N4O. The monoisotopic (exact) mass is 368 g/mol. The number of amides is 1. The van der Waals surface area contributed by atoms with Gasteiger partial charge in [-0.15, -0.1) is 0 Å². The third-order valence-corrected chi connectivity index (χ3v) is 5.32. The maximum Gasteiger partial charge on any atom is 0.270 e. The number of hydrogen-bond acceptors (Lipinski definition) is 4. The summed E-state index contributed by atoms with van der Waals surface area (Å²) in [7, 11) is 0. The molecule has 2 aliphatic carbocycles. The van der Waals surface area contributed by atoms with Crippen molar-refractivity contribution in [3.05, 3.63) is 40.8 Å². The van der Waals surface area contributed by atoms with Crippen LogP contribution in [0.5, 0.6) is 0 Å².